The van der Waals surface area contributed by atoms with Crippen molar-refractivity contribution in [2.24, 2.45) is 0 Å². The van der Waals surface area contributed by atoms with Crippen LogP contribution < -0.4 is 0 Å². The van der Waals surface area contributed by atoms with Crippen molar-refractivity contribution >= 4 is 17.2 Å². The SMILES string of the molecule is COC[C@H]1CCN1C(=O)c1ccc(C(C)C)s1. The molecule has 3 nitrogen and oxygen atoms in total. The predicted octanol–water partition coefficient (Wildman–Crippen LogP) is 2.73. The van der Waals surface area contributed by atoms with E-state index in [-0.39, 0.29) is 11.9 Å². The molecule has 0 radical (unpaired) electrons. The molecule has 2 rings (SSSR count). The molecule has 0 saturated carbocycles. The molecule has 1 aromatic heterocycles. The lowest BCUT2D eigenvalue weighted by Gasteiger charge is -2.40. The summed E-state index contributed by atoms with van der Waals surface area (Å²) >= 11 is 1.61. The van der Waals surface area contributed by atoms with Crippen molar-refractivity contribution in [2.45, 2.75) is 32.2 Å². The Kier molecular flexibility index (Phi) is 3.84. The quantitative estimate of drug-likeness (QED) is 0.825. The summed E-state index contributed by atoms with van der Waals surface area (Å²) in [5.74, 6) is 0.655. The van der Waals surface area contributed by atoms with E-state index < -0.39 is 0 Å². The Hall–Kier alpha value is -0.870. The van der Waals surface area contributed by atoms with E-state index in [0.29, 0.717) is 12.5 Å². The maximum atomic E-state index is 12.2. The maximum Gasteiger partial charge on any atom is 0.264 e. The minimum Gasteiger partial charge on any atom is -0.383 e. The van der Waals surface area contributed by atoms with Crippen molar-refractivity contribution in [3.63, 3.8) is 0 Å². The molecule has 94 valence electrons. The molecule has 0 aliphatic carbocycles. The van der Waals surface area contributed by atoms with Crippen LogP contribution in [0.25, 0.3) is 0 Å². The largest absolute Gasteiger partial charge is 0.383 e. The average molecular weight is 253 g/mol. The van der Waals surface area contributed by atoms with E-state index in [1.165, 1.54) is 4.88 Å². The summed E-state index contributed by atoms with van der Waals surface area (Å²) in [6.07, 6.45) is 1.06. The van der Waals surface area contributed by atoms with Crippen LogP contribution in [0.3, 0.4) is 0 Å². The Morgan fingerprint density at radius 2 is 2.35 bits per heavy atom. The number of carbonyl (C=O) groups is 1. The van der Waals surface area contributed by atoms with Crippen molar-refractivity contribution in [1.82, 2.24) is 4.90 Å². The van der Waals surface area contributed by atoms with Crippen LogP contribution in [-0.2, 0) is 4.74 Å². The van der Waals surface area contributed by atoms with Crippen LogP contribution in [0, 0.1) is 0 Å². The Bertz CT molecular complexity index is 400. The molecule has 0 N–H and O–H groups in total. The van der Waals surface area contributed by atoms with E-state index >= 15 is 0 Å². The molecule has 0 bridgehead atoms. The predicted molar refractivity (Wildman–Crippen MR) is 69.7 cm³/mol. The standard InChI is InChI=1S/C13H19NO2S/c1-9(2)11-4-5-12(17-11)13(15)14-7-6-10(14)8-16-3/h4-5,9-10H,6-8H2,1-3H3/t10-/m1/s1. The molecule has 4 heteroatoms. The van der Waals surface area contributed by atoms with Gasteiger partial charge in [0.1, 0.15) is 0 Å². The second-order valence-corrected chi connectivity index (χ2v) is 5.87. The number of hydrogen-bond acceptors (Lipinski definition) is 3. The fourth-order valence-electron chi connectivity index (χ4n) is 1.99. The lowest BCUT2D eigenvalue weighted by atomic mass is 10.0. The fraction of sp³-hybridized carbons (Fsp3) is 0.615. The number of ether oxygens (including phenoxy) is 1. The number of nitrogens with zero attached hydrogens (tertiary/aromatic N) is 1. The molecule has 1 amide bonds. The number of thiophene rings is 1. The van der Waals surface area contributed by atoms with Gasteiger partial charge in [0.15, 0.2) is 0 Å². The van der Waals surface area contributed by atoms with Crippen LogP contribution in [0.4, 0.5) is 0 Å². The highest BCUT2D eigenvalue weighted by Crippen LogP contribution is 2.28. The van der Waals surface area contributed by atoms with E-state index in [0.717, 1.165) is 17.8 Å². The van der Waals surface area contributed by atoms with E-state index in [1.807, 2.05) is 11.0 Å². The third-order valence-electron chi connectivity index (χ3n) is 3.17. The zero-order valence-corrected chi connectivity index (χ0v) is 11.4. The summed E-state index contributed by atoms with van der Waals surface area (Å²) in [7, 11) is 1.68. The Morgan fingerprint density at radius 1 is 1.59 bits per heavy atom. The molecule has 17 heavy (non-hydrogen) atoms. The highest BCUT2D eigenvalue weighted by Gasteiger charge is 2.33. The number of amides is 1. The third-order valence-corrected chi connectivity index (χ3v) is 4.54. The van der Waals surface area contributed by atoms with Crippen molar-refractivity contribution in [1.29, 1.82) is 0 Å². The molecule has 0 unspecified atom stereocenters. The van der Waals surface area contributed by atoms with Crippen molar-refractivity contribution in [3.8, 4) is 0 Å². The second-order valence-electron chi connectivity index (χ2n) is 4.75. The van der Waals surface area contributed by atoms with Gasteiger partial charge < -0.3 is 9.64 Å². The normalized spacial score (nSPS) is 19.5. The van der Waals surface area contributed by atoms with Crippen molar-refractivity contribution in [3.05, 3.63) is 21.9 Å². The molecular weight excluding hydrogens is 234 g/mol. The molecule has 1 atom stereocenters. The van der Waals surface area contributed by atoms with E-state index in [4.69, 9.17) is 4.74 Å². The molecule has 1 fully saturated rings. The zero-order valence-electron chi connectivity index (χ0n) is 10.6. The van der Waals surface area contributed by atoms with Crippen molar-refractivity contribution < 1.29 is 9.53 Å². The monoisotopic (exact) mass is 253 g/mol. The van der Waals surface area contributed by atoms with Crippen LogP contribution in [0.5, 0.6) is 0 Å². The van der Waals surface area contributed by atoms with Gasteiger partial charge in [0.25, 0.3) is 5.91 Å². The minimum atomic E-state index is 0.162. The van der Waals surface area contributed by atoms with Gasteiger partial charge in [0.2, 0.25) is 0 Å². The summed E-state index contributed by atoms with van der Waals surface area (Å²) < 4.78 is 5.11. The van der Waals surface area contributed by atoms with Crippen molar-refractivity contribution in [2.75, 3.05) is 20.3 Å². The van der Waals surface area contributed by atoms with Gasteiger partial charge in [0.05, 0.1) is 17.5 Å². The maximum absolute atomic E-state index is 12.2. The molecule has 0 aromatic carbocycles. The summed E-state index contributed by atoms with van der Waals surface area (Å²) in [5.41, 5.74) is 0. The second kappa shape index (κ2) is 5.19. The van der Waals surface area contributed by atoms with Gasteiger partial charge >= 0.3 is 0 Å². The highest BCUT2D eigenvalue weighted by atomic mass is 32.1. The van der Waals surface area contributed by atoms with E-state index in [2.05, 4.69) is 19.9 Å². The lowest BCUT2D eigenvalue weighted by molar-refractivity contribution is 0.0206. The van der Waals surface area contributed by atoms with Gasteiger partial charge in [-0.05, 0) is 24.5 Å². The fourth-order valence-corrected chi connectivity index (χ4v) is 2.96. The first-order valence-corrected chi connectivity index (χ1v) is 6.84. The number of hydrogen-bond donors (Lipinski definition) is 0. The van der Waals surface area contributed by atoms with Crippen LogP contribution in [0.15, 0.2) is 12.1 Å². The molecule has 1 aliphatic rings. The number of methoxy groups -OCH3 is 1. The third kappa shape index (κ3) is 2.53. The molecule has 2 heterocycles. The smallest absolute Gasteiger partial charge is 0.264 e. The zero-order chi connectivity index (χ0) is 12.4. The lowest BCUT2D eigenvalue weighted by Crippen LogP contribution is -2.53. The topological polar surface area (TPSA) is 29.5 Å². The summed E-state index contributed by atoms with van der Waals surface area (Å²) in [5, 5.41) is 0. The number of carbonyl (C=O) groups excluding carboxylic acids is 1. The molecular formula is C13H19NO2S. The highest BCUT2D eigenvalue weighted by molar-refractivity contribution is 7.14. The Labute approximate surface area is 106 Å². The van der Waals surface area contributed by atoms with Gasteiger partial charge in [-0.1, -0.05) is 13.8 Å². The van der Waals surface area contributed by atoms with Crippen LogP contribution in [0.2, 0.25) is 0 Å². The van der Waals surface area contributed by atoms with Gasteiger partial charge in [-0.2, -0.15) is 0 Å². The molecule has 1 aliphatic heterocycles. The number of likely N-dealkylation sites (tertiary alicyclic amines) is 1. The van der Waals surface area contributed by atoms with Gasteiger partial charge in [-0.3, -0.25) is 4.79 Å². The van der Waals surface area contributed by atoms with Gasteiger partial charge in [-0.25, -0.2) is 0 Å². The van der Waals surface area contributed by atoms with Gasteiger partial charge in [0, 0.05) is 18.5 Å². The minimum absolute atomic E-state index is 0.162. The molecule has 1 saturated heterocycles. The van der Waals surface area contributed by atoms with Crippen LogP contribution >= 0.6 is 11.3 Å². The Morgan fingerprint density at radius 3 is 2.82 bits per heavy atom. The molecule has 1 aromatic rings. The number of rotatable bonds is 4. The first kappa shape index (κ1) is 12.6. The van der Waals surface area contributed by atoms with Crippen LogP contribution in [-0.4, -0.2) is 37.1 Å². The van der Waals surface area contributed by atoms with Gasteiger partial charge in [-0.15, -0.1) is 11.3 Å². The Balaban J connectivity index is 2.04. The first-order chi connectivity index (χ1) is 8.13. The average Bonchev–Trinajstić information content (AvgIpc) is 2.73. The summed E-state index contributed by atoms with van der Waals surface area (Å²) in [4.78, 5) is 16.3. The summed E-state index contributed by atoms with van der Waals surface area (Å²) in [6, 6.07) is 4.29. The van der Waals surface area contributed by atoms with Crippen LogP contribution in [0.1, 0.15) is 40.7 Å². The van der Waals surface area contributed by atoms with E-state index in [9.17, 15) is 4.79 Å². The summed E-state index contributed by atoms with van der Waals surface area (Å²) in [6.45, 7) is 5.81. The molecule has 0 spiro atoms. The van der Waals surface area contributed by atoms with E-state index in [1.54, 1.807) is 18.4 Å². The first-order valence-electron chi connectivity index (χ1n) is 6.03.